The van der Waals surface area contributed by atoms with Gasteiger partial charge in [0, 0.05) is 29.5 Å². The van der Waals surface area contributed by atoms with Crippen molar-refractivity contribution in [2.75, 3.05) is 12.4 Å². The Balaban J connectivity index is 1.92. The number of hydrogen-bond acceptors (Lipinski definition) is 4. The number of hydrogen-bond donors (Lipinski definition) is 2. The molecule has 1 aromatic carbocycles. The molecule has 0 unspecified atom stereocenters. The van der Waals surface area contributed by atoms with Gasteiger partial charge in [-0.3, -0.25) is 14.9 Å². The minimum atomic E-state index is -0.271. The van der Waals surface area contributed by atoms with Gasteiger partial charge in [0.25, 0.3) is 5.91 Å². The first-order valence-electron chi connectivity index (χ1n) is 6.01. The van der Waals surface area contributed by atoms with Gasteiger partial charge in [-0.15, -0.1) is 0 Å². The molecule has 0 aliphatic carbocycles. The molecule has 20 heavy (non-hydrogen) atoms. The molecular weight excluding hydrogens is 256 g/mol. The number of benzene rings is 1. The quantitative estimate of drug-likeness (QED) is 0.763. The first-order chi connectivity index (χ1) is 9.78. The number of amides is 1. The van der Waals surface area contributed by atoms with Crippen LogP contribution in [0.4, 0.5) is 5.69 Å². The molecule has 3 rings (SSSR count). The average molecular weight is 268 g/mol. The normalized spacial score (nSPS) is 10.4. The molecule has 0 saturated carbocycles. The van der Waals surface area contributed by atoms with Crippen LogP contribution < -0.4 is 10.1 Å². The second-order valence-electron chi connectivity index (χ2n) is 4.17. The molecule has 6 nitrogen and oxygen atoms in total. The van der Waals surface area contributed by atoms with Crippen molar-refractivity contribution in [2.45, 2.75) is 0 Å². The first kappa shape index (κ1) is 12.2. The second-order valence-corrected chi connectivity index (χ2v) is 4.17. The van der Waals surface area contributed by atoms with E-state index >= 15 is 0 Å². The molecule has 2 aromatic heterocycles. The fourth-order valence-electron chi connectivity index (χ4n) is 1.92. The minimum absolute atomic E-state index is 0.271. The predicted molar refractivity (Wildman–Crippen MR) is 74.8 cm³/mol. The van der Waals surface area contributed by atoms with Crippen molar-refractivity contribution in [3.63, 3.8) is 0 Å². The number of pyridine rings is 1. The molecule has 6 heteroatoms. The summed E-state index contributed by atoms with van der Waals surface area (Å²) in [5, 5.41) is 10.4. The molecule has 0 aliphatic rings. The summed E-state index contributed by atoms with van der Waals surface area (Å²) in [4.78, 5) is 16.1. The summed E-state index contributed by atoms with van der Waals surface area (Å²) in [6.45, 7) is 0. The lowest BCUT2D eigenvalue weighted by Crippen LogP contribution is -2.12. The van der Waals surface area contributed by atoms with E-state index in [2.05, 4.69) is 20.5 Å². The van der Waals surface area contributed by atoms with Crippen molar-refractivity contribution >= 4 is 22.5 Å². The molecule has 0 saturated heterocycles. The highest BCUT2D eigenvalue weighted by atomic mass is 16.5. The number of aromatic amines is 1. The van der Waals surface area contributed by atoms with Gasteiger partial charge in [0.2, 0.25) is 0 Å². The zero-order chi connectivity index (χ0) is 13.9. The molecule has 0 atom stereocenters. The van der Waals surface area contributed by atoms with Crippen molar-refractivity contribution in [1.29, 1.82) is 0 Å². The third-order valence-corrected chi connectivity index (χ3v) is 2.92. The SMILES string of the molecule is COc1ccc2c(C(=O)Nc3ccncc3)n[nH]c2c1. The molecule has 0 spiro atoms. The van der Waals surface area contributed by atoms with Crippen LogP contribution in [0.15, 0.2) is 42.7 Å². The Morgan fingerprint density at radius 2 is 2.05 bits per heavy atom. The summed E-state index contributed by atoms with van der Waals surface area (Å²) in [7, 11) is 1.59. The molecule has 2 heterocycles. The lowest BCUT2D eigenvalue weighted by Gasteiger charge is -2.02. The van der Waals surface area contributed by atoms with Crippen LogP contribution in [0.3, 0.4) is 0 Å². The number of anilines is 1. The van der Waals surface area contributed by atoms with E-state index in [1.165, 1.54) is 0 Å². The van der Waals surface area contributed by atoms with Gasteiger partial charge < -0.3 is 10.1 Å². The number of nitrogens with zero attached hydrogens (tertiary/aromatic N) is 2. The van der Waals surface area contributed by atoms with Crippen LogP contribution in [-0.4, -0.2) is 28.2 Å². The van der Waals surface area contributed by atoms with Gasteiger partial charge in [-0.05, 0) is 24.3 Å². The fourth-order valence-corrected chi connectivity index (χ4v) is 1.92. The number of rotatable bonds is 3. The summed E-state index contributed by atoms with van der Waals surface area (Å²) < 4.78 is 5.13. The highest BCUT2D eigenvalue weighted by Crippen LogP contribution is 2.22. The third kappa shape index (κ3) is 2.18. The average Bonchev–Trinajstić information content (AvgIpc) is 2.91. The molecule has 1 amide bonds. The standard InChI is InChI=1S/C14H12N4O2/c1-20-10-2-3-11-12(8-10)17-18-13(11)14(19)16-9-4-6-15-7-5-9/h2-8H,1H3,(H,17,18)(H,15,16,19). The van der Waals surface area contributed by atoms with Gasteiger partial charge in [0.05, 0.1) is 12.6 Å². The van der Waals surface area contributed by atoms with Gasteiger partial charge >= 0.3 is 0 Å². The van der Waals surface area contributed by atoms with Crippen LogP contribution in [-0.2, 0) is 0 Å². The van der Waals surface area contributed by atoms with E-state index < -0.39 is 0 Å². The predicted octanol–water partition coefficient (Wildman–Crippen LogP) is 2.22. The van der Waals surface area contributed by atoms with Crippen molar-refractivity contribution in [1.82, 2.24) is 15.2 Å². The number of carbonyl (C=O) groups is 1. The number of ether oxygens (including phenoxy) is 1. The van der Waals surface area contributed by atoms with Gasteiger partial charge in [0.15, 0.2) is 5.69 Å². The van der Waals surface area contributed by atoms with E-state index in [1.54, 1.807) is 49.8 Å². The summed E-state index contributed by atoms with van der Waals surface area (Å²) in [6, 6.07) is 8.83. The largest absolute Gasteiger partial charge is 0.497 e. The van der Waals surface area contributed by atoms with Gasteiger partial charge in [-0.2, -0.15) is 5.10 Å². The van der Waals surface area contributed by atoms with Crippen LogP contribution in [0.25, 0.3) is 10.9 Å². The Hall–Kier alpha value is -2.89. The number of aromatic nitrogens is 3. The molecule has 0 bridgehead atoms. The van der Waals surface area contributed by atoms with E-state index in [9.17, 15) is 4.79 Å². The second kappa shape index (κ2) is 5.00. The maximum Gasteiger partial charge on any atom is 0.276 e. The van der Waals surface area contributed by atoms with Crippen molar-refractivity contribution in [3.05, 3.63) is 48.4 Å². The maximum absolute atomic E-state index is 12.2. The summed E-state index contributed by atoms with van der Waals surface area (Å²) in [5.41, 5.74) is 1.78. The lowest BCUT2D eigenvalue weighted by molar-refractivity contribution is 0.102. The monoisotopic (exact) mass is 268 g/mol. The number of H-pyrrole nitrogens is 1. The van der Waals surface area contributed by atoms with Gasteiger partial charge in [0.1, 0.15) is 5.75 Å². The third-order valence-electron chi connectivity index (χ3n) is 2.92. The highest BCUT2D eigenvalue weighted by molar-refractivity contribution is 6.11. The topological polar surface area (TPSA) is 79.9 Å². The van der Waals surface area contributed by atoms with E-state index in [4.69, 9.17) is 4.74 Å². The number of nitrogens with one attached hydrogen (secondary N) is 2. The van der Waals surface area contributed by atoms with Crippen LogP contribution in [0.2, 0.25) is 0 Å². The van der Waals surface area contributed by atoms with Gasteiger partial charge in [-0.25, -0.2) is 0 Å². The molecule has 3 aromatic rings. The molecule has 0 fully saturated rings. The molecule has 0 aliphatic heterocycles. The van der Waals surface area contributed by atoms with Gasteiger partial charge in [-0.1, -0.05) is 0 Å². The lowest BCUT2D eigenvalue weighted by atomic mass is 10.2. The zero-order valence-electron chi connectivity index (χ0n) is 10.8. The fraction of sp³-hybridized carbons (Fsp3) is 0.0714. The number of methoxy groups -OCH3 is 1. The van der Waals surface area contributed by atoms with Crippen LogP contribution in [0.5, 0.6) is 5.75 Å². The molecule has 2 N–H and O–H groups in total. The maximum atomic E-state index is 12.2. The van der Waals surface area contributed by atoms with E-state index in [-0.39, 0.29) is 5.91 Å². The smallest absolute Gasteiger partial charge is 0.276 e. The summed E-state index contributed by atoms with van der Waals surface area (Å²) in [6.07, 6.45) is 3.23. The number of carbonyl (C=O) groups excluding carboxylic acids is 1. The Bertz CT molecular complexity index is 752. The van der Waals surface area contributed by atoms with E-state index in [0.29, 0.717) is 17.1 Å². The first-order valence-corrected chi connectivity index (χ1v) is 6.01. The highest BCUT2D eigenvalue weighted by Gasteiger charge is 2.14. The van der Waals surface area contributed by atoms with Crippen molar-refractivity contribution in [3.8, 4) is 5.75 Å². The Morgan fingerprint density at radius 1 is 1.25 bits per heavy atom. The summed E-state index contributed by atoms with van der Waals surface area (Å²) in [5.74, 6) is 0.440. The van der Waals surface area contributed by atoms with Crippen molar-refractivity contribution < 1.29 is 9.53 Å². The Kier molecular flexibility index (Phi) is 3.04. The van der Waals surface area contributed by atoms with E-state index in [1.807, 2.05) is 0 Å². The molecule has 0 radical (unpaired) electrons. The van der Waals surface area contributed by atoms with Crippen molar-refractivity contribution in [2.24, 2.45) is 0 Å². The Labute approximate surface area is 114 Å². The van der Waals surface area contributed by atoms with E-state index in [0.717, 1.165) is 10.9 Å². The molecular formula is C14H12N4O2. The molecule has 100 valence electrons. The number of fused-ring (bicyclic) bond motifs is 1. The van der Waals surface area contributed by atoms with Crippen LogP contribution in [0.1, 0.15) is 10.5 Å². The minimum Gasteiger partial charge on any atom is -0.497 e. The van der Waals surface area contributed by atoms with Crippen LogP contribution >= 0.6 is 0 Å². The zero-order valence-corrected chi connectivity index (χ0v) is 10.8. The van der Waals surface area contributed by atoms with Crippen LogP contribution in [0, 0.1) is 0 Å². The summed E-state index contributed by atoms with van der Waals surface area (Å²) >= 11 is 0. The Morgan fingerprint density at radius 3 is 2.80 bits per heavy atom.